The van der Waals surface area contributed by atoms with Crippen LogP contribution in [-0.4, -0.2) is 36.7 Å². The summed E-state index contributed by atoms with van der Waals surface area (Å²) >= 11 is 0. The minimum atomic E-state index is -3.52. The van der Waals surface area contributed by atoms with Gasteiger partial charge in [0.05, 0.1) is 11.3 Å². The smallest absolute Gasteiger partial charge is 0.243 e. The van der Waals surface area contributed by atoms with E-state index in [0.717, 1.165) is 22.9 Å². The van der Waals surface area contributed by atoms with Gasteiger partial charge in [-0.05, 0) is 54.2 Å². The van der Waals surface area contributed by atoms with Crippen LogP contribution in [0.1, 0.15) is 25.8 Å². The Labute approximate surface area is 177 Å². The molecule has 1 saturated heterocycles. The molecule has 2 N–H and O–H groups in total. The number of rotatable bonds is 5. The molecular weight excluding hydrogens is 398 g/mol. The van der Waals surface area contributed by atoms with Crippen molar-refractivity contribution in [1.29, 1.82) is 0 Å². The first-order valence-electron chi connectivity index (χ1n) is 10.3. The topological polar surface area (TPSA) is 82.3 Å². The van der Waals surface area contributed by atoms with E-state index in [9.17, 15) is 13.2 Å². The molecule has 0 bridgehead atoms. The van der Waals surface area contributed by atoms with E-state index in [-0.39, 0.29) is 17.2 Å². The van der Waals surface area contributed by atoms with Crippen molar-refractivity contribution in [2.45, 2.75) is 31.6 Å². The fraction of sp³-hybridized carbons (Fsp3) is 0.348. The fourth-order valence-corrected chi connectivity index (χ4v) is 6.00. The van der Waals surface area contributed by atoms with Crippen LogP contribution in [0.15, 0.2) is 59.6 Å². The number of hydrogen-bond acceptors (Lipinski definition) is 3. The lowest BCUT2D eigenvalue weighted by molar-refractivity contribution is -0.115. The molecule has 1 aromatic heterocycles. The Kier molecular flexibility index (Phi) is 5.66. The maximum absolute atomic E-state index is 13.0. The van der Waals surface area contributed by atoms with Gasteiger partial charge in [-0.2, -0.15) is 4.31 Å². The van der Waals surface area contributed by atoms with E-state index < -0.39 is 10.0 Å². The number of hydrogen-bond donors (Lipinski definition) is 2. The molecule has 2 atom stereocenters. The van der Waals surface area contributed by atoms with Crippen molar-refractivity contribution < 1.29 is 13.2 Å². The Morgan fingerprint density at radius 1 is 1.07 bits per heavy atom. The Balaban J connectivity index is 1.43. The predicted molar refractivity (Wildman–Crippen MR) is 119 cm³/mol. The molecule has 30 heavy (non-hydrogen) atoms. The molecular formula is C23H27N3O3S. The summed E-state index contributed by atoms with van der Waals surface area (Å²) in [4.78, 5) is 15.9. The van der Waals surface area contributed by atoms with Crippen molar-refractivity contribution in [2.24, 2.45) is 11.8 Å². The van der Waals surface area contributed by atoms with Gasteiger partial charge < -0.3 is 10.3 Å². The number of para-hydroxylation sites is 1. The lowest BCUT2D eigenvalue weighted by atomic mass is 9.94. The highest BCUT2D eigenvalue weighted by Gasteiger charge is 2.31. The Hall–Kier alpha value is -2.64. The molecule has 3 aromatic rings. The summed E-state index contributed by atoms with van der Waals surface area (Å²) in [5.74, 6) is 0.562. The van der Waals surface area contributed by atoms with Crippen LogP contribution < -0.4 is 5.32 Å². The molecule has 0 aliphatic carbocycles. The summed E-state index contributed by atoms with van der Waals surface area (Å²) in [5, 5.41) is 3.88. The van der Waals surface area contributed by atoms with Crippen LogP contribution in [0.2, 0.25) is 0 Å². The Bertz CT molecular complexity index is 1140. The number of piperidine rings is 1. The first-order chi connectivity index (χ1) is 14.3. The van der Waals surface area contributed by atoms with E-state index in [1.54, 1.807) is 28.6 Å². The normalized spacial score (nSPS) is 20.3. The molecule has 1 aliphatic heterocycles. The molecule has 1 fully saturated rings. The number of aromatic nitrogens is 1. The zero-order valence-corrected chi connectivity index (χ0v) is 18.1. The van der Waals surface area contributed by atoms with Crippen molar-refractivity contribution in [1.82, 2.24) is 9.29 Å². The molecule has 0 saturated carbocycles. The van der Waals surface area contributed by atoms with Crippen LogP contribution in [-0.2, 0) is 21.2 Å². The van der Waals surface area contributed by atoms with E-state index in [1.807, 2.05) is 30.5 Å². The van der Waals surface area contributed by atoms with Crippen molar-refractivity contribution in [3.05, 3.63) is 60.3 Å². The number of nitrogens with one attached hydrogen (secondary N) is 2. The predicted octanol–water partition coefficient (Wildman–Crippen LogP) is 4.02. The molecule has 2 heterocycles. The molecule has 7 heteroatoms. The van der Waals surface area contributed by atoms with Crippen molar-refractivity contribution in [2.75, 3.05) is 18.4 Å². The Morgan fingerprint density at radius 3 is 2.43 bits per heavy atom. The summed E-state index contributed by atoms with van der Waals surface area (Å²) < 4.78 is 27.5. The minimum absolute atomic E-state index is 0.144. The third kappa shape index (κ3) is 4.27. The number of aromatic amines is 1. The molecule has 2 aromatic carbocycles. The van der Waals surface area contributed by atoms with Crippen LogP contribution >= 0.6 is 0 Å². The number of sulfonamides is 1. The number of nitrogens with zero attached hydrogens (tertiary/aromatic N) is 1. The summed E-state index contributed by atoms with van der Waals surface area (Å²) in [7, 11) is -3.52. The van der Waals surface area contributed by atoms with E-state index >= 15 is 0 Å². The highest BCUT2D eigenvalue weighted by Crippen LogP contribution is 2.27. The van der Waals surface area contributed by atoms with E-state index in [2.05, 4.69) is 24.1 Å². The first-order valence-corrected chi connectivity index (χ1v) is 11.7. The molecule has 4 rings (SSSR count). The highest BCUT2D eigenvalue weighted by atomic mass is 32.2. The largest absolute Gasteiger partial charge is 0.361 e. The maximum atomic E-state index is 13.0. The summed E-state index contributed by atoms with van der Waals surface area (Å²) in [6.07, 6.45) is 3.14. The average Bonchev–Trinajstić information content (AvgIpc) is 3.10. The van der Waals surface area contributed by atoms with Gasteiger partial charge in [-0.15, -0.1) is 0 Å². The summed E-state index contributed by atoms with van der Waals surface area (Å²) in [6.45, 7) is 5.28. The van der Waals surface area contributed by atoms with Gasteiger partial charge in [0.1, 0.15) is 0 Å². The molecule has 0 radical (unpaired) electrons. The molecule has 6 nitrogen and oxygen atoms in total. The Morgan fingerprint density at radius 2 is 1.73 bits per heavy atom. The lowest BCUT2D eigenvalue weighted by Gasteiger charge is -2.34. The molecule has 158 valence electrons. The van der Waals surface area contributed by atoms with Gasteiger partial charge in [0, 0.05) is 35.9 Å². The van der Waals surface area contributed by atoms with Crippen LogP contribution in [0.5, 0.6) is 0 Å². The number of H-pyrrole nitrogens is 1. The van der Waals surface area contributed by atoms with Crippen LogP contribution in [0, 0.1) is 11.8 Å². The number of carbonyl (C=O) groups excluding carboxylic acids is 1. The fourth-order valence-electron chi connectivity index (χ4n) is 4.32. The molecule has 1 aliphatic rings. The first kappa shape index (κ1) is 20.6. The van der Waals surface area contributed by atoms with E-state index in [0.29, 0.717) is 30.6 Å². The van der Waals surface area contributed by atoms with Crippen LogP contribution in [0.3, 0.4) is 0 Å². The van der Waals surface area contributed by atoms with Crippen molar-refractivity contribution >= 4 is 32.5 Å². The van der Waals surface area contributed by atoms with Crippen molar-refractivity contribution in [3.63, 3.8) is 0 Å². The number of anilines is 1. The van der Waals surface area contributed by atoms with E-state index in [4.69, 9.17) is 0 Å². The lowest BCUT2D eigenvalue weighted by Crippen LogP contribution is -2.42. The van der Waals surface area contributed by atoms with Crippen LogP contribution in [0.25, 0.3) is 10.9 Å². The van der Waals surface area contributed by atoms with Gasteiger partial charge in [0.2, 0.25) is 15.9 Å². The van der Waals surface area contributed by atoms with Crippen LogP contribution in [0.4, 0.5) is 5.69 Å². The van der Waals surface area contributed by atoms with Gasteiger partial charge >= 0.3 is 0 Å². The monoisotopic (exact) mass is 425 g/mol. The summed E-state index contributed by atoms with van der Waals surface area (Å²) in [5.41, 5.74) is 2.51. The number of carbonyl (C=O) groups is 1. The number of benzene rings is 2. The van der Waals surface area contributed by atoms with Gasteiger partial charge in [-0.3, -0.25) is 4.79 Å². The number of amides is 1. The standard InChI is InChI=1S/C23H27N3O3S/c1-16-11-17(2)15-26(14-16)30(28,29)20-9-7-19(8-10-20)25-23(27)12-18-13-24-22-6-4-3-5-21(18)22/h3-10,13,16-17,24H,11-12,14-15H2,1-2H3,(H,25,27)/t16-,17+. The maximum Gasteiger partial charge on any atom is 0.243 e. The van der Waals surface area contributed by atoms with E-state index in [1.165, 1.54) is 0 Å². The summed E-state index contributed by atoms with van der Waals surface area (Å²) in [6, 6.07) is 14.3. The van der Waals surface area contributed by atoms with Gasteiger partial charge in [0.15, 0.2) is 0 Å². The van der Waals surface area contributed by atoms with Gasteiger partial charge in [0.25, 0.3) is 0 Å². The molecule has 1 amide bonds. The van der Waals surface area contributed by atoms with Gasteiger partial charge in [-0.25, -0.2) is 8.42 Å². The zero-order chi connectivity index (χ0) is 21.3. The van der Waals surface area contributed by atoms with Gasteiger partial charge in [-0.1, -0.05) is 32.0 Å². The third-order valence-electron chi connectivity index (χ3n) is 5.64. The second-order valence-corrected chi connectivity index (χ2v) is 10.3. The SMILES string of the molecule is C[C@@H]1C[C@H](C)CN(S(=O)(=O)c2ccc(NC(=O)Cc3c[nH]c4ccccc34)cc2)C1. The minimum Gasteiger partial charge on any atom is -0.361 e. The second kappa shape index (κ2) is 8.24. The molecule has 0 spiro atoms. The number of fused-ring (bicyclic) bond motifs is 1. The average molecular weight is 426 g/mol. The third-order valence-corrected chi connectivity index (χ3v) is 7.48. The van der Waals surface area contributed by atoms with Crippen molar-refractivity contribution in [3.8, 4) is 0 Å². The second-order valence-electron chi connectivity index (χ2n) is 8.38. The zero-order valence-electron chi connectivity index (χ0n) is 17.3. The molecule has 0 unspecified atom stereocenters. The quantitative estimate of drug-likeness (QED) is 0.648. The highest BCUT2D eigenvalue weighted by molar-refractivity contribution is 7.89.